The summed E-state index contributed by atoms with van der Waals surface area (Å²) in [5.41, 5.74) is 1.27. The highest BCUT2D eigenvalue weighted by molar-refractivity contribution is 5.30. The molecular formula is C16H26N2O2. The van der Waals surface area contributed by atoms with Gasteiger partial charge in [-0.15, -0.1) is 0 Å². The smallest absolute Gasteiger partial charge is 0.119 e. The predicted octanol–water partition coefficient (Wildman–Crippen LogP) is 2.07. The molecule has 1 aromatic rings. The number of likely N-dealkylation sites (N-methyl/N-ethyl adjacent to an activating group) is 1. The molecule has 0 radical (unpaired) electrons. The van der Waals surface area contributed by atoms with Gasteiger partial charge in [0, 0.05) is 32.3 Å². The van der Waals surface area contributed by atoms with E-state index in [0.717, 1.165) is 38.4 Å². The Morgan fingerprint density at radius 2 is 2.35 bits per heavy atom. The molecule has 2 rings (SSSR count). The normalized spacial score (nSPS) is 22.2. The number of nitrogens with zero attached hydrogens (tertiary/aromatic N) is 1. The number of rotatable bonds is 5. The van der Waals surface area contributed by atoms with Gasteiger partial charge < -0.3 is 14.8 Å². The summed E-state index contributed by atoms with van der Waals surface area (Å²) in [6.07, 6.45) is 1.43. The van der Waals surface area contributed by atoms with E-state index < -0.39 is 0 Å². The molecule has 112 valence electrons. The summed E-state index contributed by atoms with van der Waals surface area (Å²) >= 11 is 0. The molecule has 1 aliphatic rings. The van der Waals surface area contributed by atoms with Crippen LogP contribution < -0.4 is 10.1 Å². The molecule has 1 N–H and O–H groups in total. The lowest BCUT2D eigenvalue weighted by Crippen LogP contribution is -2.37. The van der Waals surface area contributed by atoms with Gasteiger partial charge in [0.15, 0.2) is 0 Å². The minimum Gasteiger partial charge on any atom is -0.497 e. The molecule has 20 heavy (non-hydrogen) atoms. The average Bonchev–Trinajstić information content (AvgIpc) is 2.69. The number of methoxy groups -OCH3 is 1. The first-order valence-corrected chi connectivity index (χ1v) is 7.38. The second-order valence-corrected chi connectivity index (χ2v) is 5.41. The fraction of sp³-hybridized carbons (Fsp3) is 0.625. The Hall–Kier alpha value is -1.10. The third-order valence-electron chi connectivity index (χ3n) is 3.82. The molecule has 1 aliphatic heterocycles. The van der Waals surface area contributed by atoms with Gasteiger partial charge in [-0.05, 0) is 38.1 Å². The van der Waals surface area contributed by atoms with Crippen molar-refractivity contribution in [2.45, 2.75) is 25.5 Å². The van der Waals surface area contributed by atoms with Gasteiger partial charge in [0.1, 0.15) is 5.75 Å². The predicted molar refractivity (Wildman–Crippen MR) is 81.3 cm³/mol. The Bertz CT molecular complexity index is 411. The molecule has 0 bridgehead atoms. The minimum atomic E-state index is 0.315. The van der Waals surface area contributed by atoms with Crippen molar-refractivity contribution in [3.63, 3.8) is 0 Å². The van der Waals surface area contributed by atoms with Crippen LogP contribution in [-0.2, 0) is 4.74 Å². The van der Waals surface area contributed by atoms with Crippen LogP contribution in [0.25, 0.3) is 0 Å². The summed E-state index contributed by atoms with van der Waals surface area (Å²) in [6.45, 7) is 6.13. The van der Waals surface area contributed by atoms with Crippen molar-refractivity contribution in [3.8, 4) is 5.75 Å². The maximum absolute atomic E-state index is 5.71. The molecule has 0 spiro atoms. The Morgan fingerprint density at radius 1 is 1.50 bits per heavy atom. The van der Waals surface area contributed by atoms with Crippen LogP contribution in [0.5, 0.6) is 5.75 Å². The largest absolute Gasteiger partial charge is 0.497 e. The molecule has 4 heteroatoms. The lowest BCUT2D eigenvalue weighted by atomic mass is 10.1. The van der Waals surface area contributed by atoms with Gasteiger partial charge in [-0.1, -0.05) is 12.1 Å². The van der Waals surface area contributed by atoms with Gasteiger partial charge in [-0.2, -0.15) is 0 Å². The molecule has 2 unspecified atom stereocenters. The standard InChI is InChI=1S/C16H26N2O2/c1-13-11-18(8-5-9-20-13)12-16(17-2)14-6-4-7-15(10-14)19-3/h4,6-7,10,13,16-17H,5,8-9,11-12H2,1-3H3. The van der Waals surface area contributed by atoms with E-state index in [1.54, 1.807) is 7.11 Å². The van der Waals surface area contributed by atoms with Crippen LogP contribution >= 0.6 is 0 Å². The first-order chi connectivity index (χ1) is 9.72. The summed E-state index contributed by atoms with van der Waals surface area (Å²) in [5, 5.41) is 3.41. The topological polar surface area (TPSA) is 33.7 Å². The van der Waals surface area contributed by atoms with Gasteiger partial charge in [-0.3, -0.25) is 4.90 Å². The van der Waals surface area contributed by atoms with Crippen LogP contribution in [0.2, 0.25) is 0 Å². The molecule has 2 atom stereocenters. The number of hydrogen-bond acceptors (Lipinski definition) is 4. The molecule has 4 nitrogen and oxygen atoms in total. The summed E-state index contributed by atoms with van der Waals surface area (Å²) in [4.78, 5) is 2.48. The first kappa shape index (κ1) is 15.3. The quantitative estimate of drug-likeness (QED) is 0.894. The van der Waals surface area contributed by atoms with Gasteiger partial charge in [0.25, 0.3) is 0 Å². The van der Waals surface area contributed by atoms with E-state index in [1.807, 2.05) is 19.2 Å². The van der Waals surface area contributed by atoms with E-state index in [0.29, 0.717) is 12.1 Å². The van der Waals surface area contributed by atoms with E-state index in [4.69, 9.17) is 9.47 Å². The first-order valence-electron chi connectivity index (χ1n) is 7.38. The highest BCUT2D eigenvalue weighted by Gasteiger charge is 2.19. The highest BCUT2D eigenvalue weighted by atomic mass is 16.5. The SMILES string of the molecule is CNC(CN1CCCOC(C)C1)c1cccc(OC)c1. The third kappa shape index (κ3) is 4.20. The summed E-state index contributed by atoms with van der Waals surface area (Å²) in [6, 6.07) is 8.61. The Labute approximate surface area is 122 Å². The van der Waals surface area contributed by atoms with Crippen LogP contribution in [0.1, 0.15) is 24.9 Å². The Balaban J connectivity index is 2.03. The van der Waals surface area contributed by atoms with Crippen LogP contribution in [0, 0.1) is 0 Å². The van der Waals surface area contributed by atoms with Crippen molar-refractivity contribution in [3.05, 3.63) is 29.8 Å². The lowest BCUT2D eigenvalue weighted by molar-refractivity contribution is 0.0665. The van der Waals surface area contributed by atoms with Crippen LogP contribution in [0.3, 0.4) is 0 Å². The zero-order valence-electron chi connectivity index (χ0n) is 12.8. The molecule has 0 amide bonds. The molecule has 1 saturated heterocycles. The van der Waals surface area contributed by atoms with Crippen LogP contribution in [0.15, 0.2) is 24.3 Å². The Morgan fingerprint density at radius 3 is 3.10 bits per heavy atom. The van der Waals surface area contributed by atoms with Gasteiger partial charge >= 0.3 is 0 Å². The molecule has 1 heterocycles. The van der Waals surface area contributed by atoms with E-state index in [1.165, 1.54) is 5.56 Å². The molecular weight excluding hydrogens is 252 g/mol. The van der Waals surface area contributed by atoms with Gasteiger partial charge in [0.05, 0.1) is 13.2 Å². The van der Waals surface area contributed by atoms with Crippen molar-refractivity contribution in [2.75, 3.05) is 40.4 Å². The molecule has 1 aromatic carbocycles. The molecule has 1 fully saturated rings. The van der Waals surface area contributed by atoms with Crippen LogP contribution in [0.4, 0.5) is 0 Å². The maximum atomic E-state index is 5.71. The minimum absolute atomic E-state index is 0.315. The number of hydrogen-bond donors (Lipinski definition) is 1. The summed E-state index contributed by atoms with van der Waals surface area (Å²) < 4.78 is 11.0. The fourth-order valence-electron chi connectivity index (χ4n) is 2.73. The molecule has 0 saturated carbocycles. The highest BCUT2D eigenvalue weighted by Crippen LogP contribution is 2.20. The van der Waals surface area contributed by atoms with E-state index >= 15 is 0 Å². The fourth-order valence-corrected chi connectivity index (χ4v) is 2.73. The number of benzene rings is 1. The van der Waals surface area contributed by atoms with E-state index in [9.17, 15) is 0 Å². The molecule has 0 aromatic heterocycles. The van der Waals surface area contributed by atoms with E-state index in [2.05, 4.69) is 29.3 Å². The van der Waals surface area contributed by atoms with Crippen LogP contribution in [-0.4, -0.2) is 51.4 Å². The van der Waals surface area contributed by atoms with E-state index in [-0.39, 0.29) is 0 Å². The molecule has 0 aliphatic carbocycles. The van der Waals surface area contributed by atoms with Crippen molar-refractivity contribution in [1.29, 1.82) is 0 Å². The van der Waals surface area contributed by atoms with Crippen molar-refractivity contribution >= 4 is 0 Å². The average molecular weight is 278 g/mol. The Kier molecular flexibility index (Phi) is 5.83. The van der Waals surface area contributed by atoms with Gasteiger partial charge in [-0.25, -0.2) is 0 Å². The van der Waals surface area contributed by atoms with Crippen molar-refractivity contribution in [2.24, 2.45) is 0 Å². The second-order valence-electron chi connectivity index (χ2n) is 5.41. The zero-order chi connectivity index (χ0) is 14.4. The summed E-state index contributed by atoms with van der Waals surface area (Å²) in [7, 11) is 3.73. The lowest BCUT2D eigenvalue weighted by Gasteiger charge is -2.27. The van der Waals surface area contributed by atoms with Crippen molar-refractivity contribution in [1.82, 2.24) is 10.2 Å². The third-order valence-corrected chi connectivity index (χ3v) is 3.82. The van der Waals surface area contributed by atoms with Gasteiger partial charge in [0.2, 0.25) is 0 Å². The monoisotopic (exact) mass is 278 g/mol. The number of nitrogens with one attached hydrogen (secondary N) is 1. The summed E-state index contributed by atoms with van der Waals surface area (Å²) in [5.74, 6) is 0.912. The zero-order valence-corrected chi connectivity index (χ0v) is 12.8. The second kappa shape index (κ2) is 7.62. The number of ether oxygens (including phenoxy) is 2. The maximum Gasteiger partial charge on any atom is 0.119 e. The van der Waals surface area contributed by atoms with Crippen molar-refractivity contribution < 1.29 is 9.47 Å².